The zero-order valence-corrected chi connectivity index (χ0v) is 19.2. The van der Waals surface area contributed by atoms with Gasteiger partial charge in [-0.1, -0.05) is 24.3 Å². The van der Waals surface area contributed by atoms with Crippen molar-refractivity contribution in [3.63, 3.8) is 0 Å². The quantitative estimate of drug-likeness (QED) is 0.438. The number of piperidine rings is 1. The maximum atomic E-state index is 4.48. The zero-order chi connectivity index (χ0) is 21.5. The number of likely N-dealkylation sites (tertiary alicyclic amines) is 1. The van der Waals surface area contributed by atoms with E-state index in [9.17, 15) is 0 Å². The minimum Gasteiger partial charge on any atom is -0.356 e. The average molecular weight is 437 g/mol. The summed E-state index contributed by atoms with van der Waals surface area (Å²) in [6.45, 7) is 2.92. The normalized spacial score (nSPS) is 20.0. The molecule has 0 amide bonds. The number of para-hydroxylation sites is 1. The summed E-state index contributed by atoms with van der Waals surface area (Å²) in [4.78, 5) is 8.39. The van der Waals surface area contributed by atoms with Crippen molar-refractivity contribution in [2.75, 3.05) is 33.7 Å². The van der Waals surface area contributed by atoms with E-state index >= 15 is 0 Å². The second kappa shape index (κ2) is 10.6. The van der Waals surface area contributed by atoms with Crippen molar-refractivity contribution in [3.05, 3.63) is 70.7 Å². The molecule has 1 aliphatic heterocycles. The SMILES string of the molecule is CN=C(NCCc1cnn(-c2ccccc2)c1)NCC1CCCN(C)C1c1cccs1. The highest BCUT2D eigenvalue weighted by molar-refractivity contribution is 7.10. The van der Waals surface area contributed by atoms with Gasteiger partial charge in [0.25, 0.3) is 0 Å². The molecular weight excluding hydrogens is 404 g/mol. The van der Waals surface area contributed by atoms with Crippen molar-refractivity contribution in [3.8, 4) is 5.69 Å². The Balaban J connectivity index is 1.27. The van der Waals surface area contributed by atoms with Gasteiger partial charge >= 0.3 is 0 Å². The number of rotatable bonds is 7. The molecule has 2 unspecified atom stereocenters. The summed E-state index contributed by atoms with van der Waals surface area (Å²) < 4.78 is 1.92. The maximum Gasteiger partial charge on any atom is 0.190 e. The van der Waals surface area contributed by atoms with E-state index in [2.05, 4.69) is 68.5 Å². The van der Waals surface area contributed by atoms with Gasteiger partial charge in [0.2, 0.25) is 0 Å². The molecule has 0 bridgehead atoms. The smallest absolute Gasteiger partial charge is 0.190 e. The van der Waals surface area contributed by atoms with E-state index in [1.165, 1.54) is 29.8 Å². The molecule has 3 heterocycles. The van der Waals surface area contributed by atoms with Gasteiger partial charge in [-0.3, -0.25) is 9.89 Å². The van der Waals surface area contributed by atoms with E-state index < -0.39 is 0 Å². The number of thiophene rings is 1. The van der Waals surface area contributed by atoms with E-state index in [0.29, 0.717) is 12.0 Å². The molecule has 1 aliphatic rings. The van der Waals surface area contributed by atoms with Crippen LogP contribution in [0.25, 0.3) is 5.69 Å². The van der Waals surface area contributed by atoms with E-state index in [1.807, 2.05) is 47.5 Å². The van der Waals surface area contributed by atoms with E-state index in [-0.39, 0.29) is 0 Å². The van der Waals surface area contributed by atoms with Crippen LogP contribution in [0.5, 0.6) is 0 Å². The fourth-order valence-corrected chi connectivity index (χ4v) is 5.35. The highest BCUT2D eigenvalue weighted by Gasteiger charge is 2.31. The molecule has 0 aliphatic carbocycles. The molecule has 0 radical (unpaired) electrons. The Morgan fingerprint density at radius 3 is 2.84 bits per heavy atom. The molecule has 0 spiro atoms. The molecule has 1 fully saturated rings. The monoisotopic (exact) mass is 436 g/mol. The molecule has 4 rings (SSSR count). The van der Waals surface area contributed by atoms with E-state index in [0.717, 1.165) is 31.2 Å². The van der Waals surface area contributed by atoms with Gasteiger partial charge in [0.1, 0.15) is 0 Å². The van der Waals surface area contributed by atoms with Gasteiger partial charge in [-0.2, -0.15) is 5.10 Å². The predicted molar refractivity (Wildman–Crippen MR) is 129 cm³/mol. The van der Waals surface area contributed by atoms with Crippen LogP contribution in [-0.2, 0) is 6.42 Å². The van der Waals surface area contributed by atoms with Crippen molar-refractivity contribution in [2.45, 2.75) is 25.3 Å². The van der Waals surface area contributed by atoms with Gasteiger partial charge in [0, 0.05) is 37.3 Å². The third-order valence-electron chi connectivity index (χ3n) is 5.96. The van der Waals surface area contributed by atoms with E-state index in [1.54, 1.807) is 0 Å². The topological polar surface area (TPSA) is 57.5 Å². The first-order chi connectivity index (χ1) is 15.2. The summed E-state index contributed by atoms with van der Waals surface area (Å²) in [5.41, 5.74) is 2.29. The first-order valence-corrected chi connectivity index (χ1v) is 11.9. The number of benzene rings is 1. The lowest BCUT2D eigenvalue weighted by Gasteiger charge is -2.39. The number of hydrogen-bond donors (Lipinski definition) is 2. The van der Waals surface area contributed by atoms with Gasteiger partial charge in [0.05, 0.1) is 11.9 Å². The Morgan fingerprint density at radius 2 is 2.06 bits per heavy atom. The van der Waals surface area contributed by atoms with Crippen LogP contribution in [0.3, 0.4) is 0 Å². The highest BCUT2D eigenvalue weighted by Crippen LogP contribution is 2.36. The van der Waals surface area contributed by atoms with Crippen molar-refractivity contribution in [1.82, 2.24) is 25.3 Å². The maximum absolute atomic E-state index is 4.48. The fraction of sp³-hybridized carbons (Fsp3) is 0.417. The Hall–Kier alpha value is -2.64. The molecule has 1 aromatic carbocycles. The largest absolute Gasteiger partial charge is 0.356 e. The number of aliphatic imine (C=N–C) groups is 1. The van der Waals surface area contributed by atoms with Gasteiger partial charge in [0.15, 0.2) is 5.96 Å². The highest BCUT2D eigenvalue weighted by atomic mass is 32.1. The second-order valence-corrected chi connectivity index (χ2v) is 9.08. The van der Waals surface area contributed by atoms with Gasteiger partial charge in [-0.15, -0.1) is 11.3 Å². The minimum absolute atomic E-state index is 0.489. The molecule has 2 atom stereocenters. The number of aromatic nitrogens is 2. The summed E-state index contributed by atoms with van der Waals surface area (Å²) >= 11 is 1.87. The van der Waals surface area contributed by atoms with Crippen molar-refractivity contribution in [2.24, 2.45) is 10.9 Å². The third-order valence-corrected chi connectivity index (χ3v) is 6.90. The zero-order valence-electron chi connectivity index (χ0n) is 18.4. The van der Waals surface area contributed by atoms with Crippen LogP contribution >= 0.6 is 11.3 Å². The van der Waals surface area contributed by atoms with Crippen LogP contribution in [0.15, 0.2) is 65.2 Å². The van der Waals surface area contributed by atoms with Crippen molar-refractivity contribution >= 4 is 17.3 Å². The standard InChI is InChI=1S/C24H32N6S/c1-25-24(26-13-12-19-16-28-30(18-19)21-9-4-3-5-10-21)27-17-20-8-6-14-29(2)23(20)22-11-7-15-31-22/h3-5,7,9-11,15-16,18,20,23H,6,8,12-14,17H2,1-2H3,(H2,25,26,27). The predicted octanol–water partition coefficient (Wildman–Crippen LogP) is 3.72. The molecule has 3 aromatic rings. The Morgan fingerprint density at radius 1 is 1.19 bits per heavy atom. The summed E-state index contributed by atoms with van der Waals surface area (Å²) in [5.74, 6) is 1.45. The summed E-state index contributed by atoms with van der Waals surface area (Å²) in [6.07, 6.45) is 7.43. The minimum atomic E-state index is 0.489. The second-order valence-electron chi connectivity index (χ2n) is 8.10. The third kappa shape index (κ3) is 5.54. The first-order valence-electron chi connectivity index (χ1n) is 11.0. The van der Waals surface area contributed by atoms with Crippen molar-refractivity contribution < 1.29 is 0 Å². The van der Waals surface area contributed by atoms with Crippen LogP contribution in [0, 0.1) is 5.92 Å². The van der Waals surface area contributed by atoms with Crippen molar-refractivity contribution in [1.29, 1.82) is 0 Å². The molecule has 1 saturated heterocycles. The first kappa shape index (κ1) is 21.6. The fourth-order valence-electron chi connectivity index (χ4n) is 4.37. The molecular formula is C24H32N6S. The van der Waals surface area contributed by atoms with Crippen LogP contribution in [-0.4, -0.2) is 54.4 Å². The summed E-state index contributed by atoms with van der Waals surface area (Å²) in [6, 6.07) is 15.1. The van der Waals surface area contributed by atoms with Gasteiger partial charge in [-0.25, -0.2) is 4.68 Å². The Kier molecular flexibility index (Phi) is 7.38. The molecule has 31 heavy (non-hydrogen) atoms. The van der Waals surface area contributed by atoms with Crippen LogP contribution < -0.4 is 10.6 Å². The van der Waals surface area contributed by atoms with Gasteiger partial charge in [-0.05, 0) is 67.9 Å². The van der Waals surface area contributed by atoms with Crippen LogP contribution in [0.2, 0.25) is 0 Å². The molecule has 2 aromatic heterocycles. The van der Waals surface area contributed by atoms with Crippen LogP contribution in [0.4, 0.5) is 0 Å². The number of nitrogens with one attached hydrogen (secondary N) is 2. The number of nitrogens with zero attached hydrogens (tertiary/aromatic N) is 4. The number of hydrogen-bond acceptors (Lipinski definition) is 4. The average Bonchev–Trinajstić information content (AvgIpc) is 3.49. The molecule has 164 valence electrons. The summed E-state index contributed by atoms with van der Waals surface area (Å²) in [5, 5.41) is 13.7. The Labute approximate surface area is 189 Å². The molecule has 7 heteroatoms. The molecule has 6 nitrogen and oxygen atoms in total. The molecule has 2 N–H and O–H groups in total. The lowest BCUT2D eigenvalue weighted by Crippen LogP contribution is -2.45. The Bertz CT molecular complexity index is 950. The lowest BCUT2D eigenvalue weighted by molar-refractivity contribution is 0.125. The summed E-state index contributed by atoms with van der Waals surface area (Å²) in [7, 11) is 4.09. The molecule has 0 saturated carbocycles. The van der Waals surface area contributed by atoms with Gasteiger partial charge < -0.3 is 10.6 Å². The number of guanidine groups is 1. The van der Waals surface area contributed by atoms with Crippen LogP contribution in [0.1, 0.15) is 29.3 Å². The lowest BCUT2D eigenvalue weighted by atomic mass is 9.88. The van der Waals surface area contributed by atoms with E-state index in [4.69, 9.17) is 0 Å².